The Labute approximate surface area is 175 Å². The second-order valence-corrected chi connectivity index (χ2v) is 6.60. The third-order valence-electron chi connectivity index (χ3n) is 3.70. The summed E-state index contributed by atoms with van der Waals surface area (Å²) >= 11 is 0. The largest absolute Gasteiger partial charge is 0.516 e. The predicted molar refractivity (Wildman–Crippen MR) is 107 cm³/mol. The number of esters is 1. The van der Waals surface area contributed by atoms with Gasteiger partial charge >= 0.3 is 18.2 Å². The van der Waals surface area contributed by atoms with Crippen LogP contribution >= 0.6 is 0 Å². The second kappa shape index (κ2) is 12.2. The number of ether oxygens (including phenoxy) is 4. The third kappa shape index (κ3) is 8.74. The van der Waals surface area contributed by atoms with E-state index < -0.39 is 30.4 Å². The van der Waals surface area contributed by atoms with E-state index in [0.29, 0.717) is 0 Å². The number of rotatable bonds is 9. The lowest BCUT2D eigenvalue weighted by molar-refractivity contribution is -0.144. The first-order valence-electron chi connectivity index (χ1n) is 9.45. The van der Waals surface area contributed by atoms with E-state index in [4.69, 9.17) is 14.2 Å². The molecule has 30 heavy (non-hydrogen) atoms. The summed E-state index contributed by atoms with van der Waals surface area (Å²) < 4.78 is 20.0. The van der Waals surface area contributed by atoms with Gasteiger partial charge in [0.2, 0.25) is 0 Å². The van der Waals surface area contributed by atoms with E-state index in [-0.39, 0.29) is 19.8 Å². The van der Waals surface area contributed by atoms with Crippen LogP contribution in [0.5, 0.6) is 0 Å². The molecule has 0 fully saturated rings. The highest BCUT2D eigenvalue weighted by Gasteiger charge is 2.27. The van der Waals surface area contributed by atoms with Gasteiger partial charge in [-0.1, -0.05) is 60.7 Å². The number of hydrogen-bond donors (Lipinski definition) is 1. The zero-order valence-corrected chi connectivity index (χ0v) is 16.9. The maximum absolute atomic E-state index is 12.3. The smallest absolute Gasteiger partial charge is 0.445 e. The molecule has 160 valence electrons. The van der Waals surface area contributed by atoms with Crippen LogP contribution in [0, 0.1) is 0 Å². The van der Waals surface area contributed by atoms with Crippen LogP contribution in [0.15, 0.2) is 60.7 Å². The van der Waals surface area contributed by atoms with Crippen molar-refractivity contribution >= 4 is 18.2 Å². The molecule has 1 N–H and O–H groups in total. The molecule has 0 aliphatic carbocycles. The molecule has 0 saturated heterocycles. The lowest BCUT2D eigenvalue weighted by Gasteiger charge is -2.17. The van der Waals surface area contributed by atoms with Crippen LogP contribution in [0.3, 0.4) is 0 Å². The Bertz CT molecular complexity index is 809. The van der Waals surface area contributed by atoms with Crippen LogP contribution < -0.4 is 5.32 Å². The van der Waals surface area contributed by atoms with Gasteiger partial charge in [0.15, 0.2) is 6.04 Å². The monoisotopic (exact) mass is 415 g/mol. The summed E-state index contributed by atoms with van der Waals surface area (Å²) in [6.45, 7) is 3.25. The molecule has 1 atom stereocenters. The SMILES string of the molecule is CC(C)OC(=O)OC(=O)[C@H](COCc1ccccc1)NC(=O)OCc1ccccc1. The summed E-state index contributed by atoms with van der Waals surface area (Å²) in [6, 6.07) is 17.1. The van der Waals surface area contributed by atoms with E-state index in [1.807, 2.05) is 48.5 Å². The highest BCUT2D eigenvalue weighted by Crippen LogP contribution is 2.04. The first-order chi connectivity index (χ1) is 14.4. The Morgan fingerprint density at radius 1 is 0.867 bits per heavy atom. The fourth-order valence-corrected chi connectivity index (χ4v) is 2.31. The van der Waals surface area contributed by atoms with Gasteiger partial charge < -0.3 is 24.3 Å². The summed E-state index contributed by atoms with van der Waals surface area (Å²) in [4.78, 5) is 36.0. The minimum absolute atomic E-state index is 0.0225. The van der Waals surface area contributed by atoms with E-state index in [1.165, 1.54) is 0 Å². The molecule has 2 aromatic carbocycles. The van der Waals surface area contributed by atoms with Crippen molar-refractivity contribution in [2.75, 3.05) is 6.61 Å². The first kappa shape index (κ1) is 22.9. The second-order valence-electron chi connectivity index (χ2n) is 6.60. The topological polar surface area (TPSA) is 100 Å². The van der Waals surface area contributed by atoms with Crippen molar-refractivity contribution in [3.05, 3.63) is 71.8 Å². The normalized spacial score (nSPS) is 11.4. The molecular weight excluding hydrogens is 390 g/mol. The summed E-state index contributed by atoms with van der Waals surface area (Å²) in [6.07, 6.45) is -2.45. The van der Waals surface area contributed by atoms with Crippen molar-refractivity contribution < 1.29 is 33.3 Å². The zero-order chi connectivity index (χ0) is 21.8. The van der Waals surface area contributed by atoms with Crippen LogP contribution in [-0.2, 0) is 37.0 Å². The third-order valence-corrected chi connectivity index (χ3v) is 3.70. The van der Waals surface area contributed by atoms with Crippen molar-refractivity contribution in [3.8, 4) is 0 Å². The van der Waals surface area contributed by atoms with Crippen LogP contribution in [0.2, 0.25) is 0 Å². The van der Waals surface area contributed by atoms with Crippen molar-refractivity contribution in [2.45, 2.75) is 39.2 Å². The molecule has 0 aliphatic rings. The molecule has 0 heterocycles. The Hall–Kier alpha value is -3.39. The molecule has 1 amide bonds. The van der Waals surface area contributed by atoms with Crippen LogP contribution in [-0.4, -0.2) is 37.0 Å². The van der Waals surface area contributed by atoms with Crippen LogP contribution in [0.4, 0.5) is 9.59 Å². The number of benzene rings is 2. The van der Waals surface area contributed by atoms with Gasteiger partial charge in [0, 0.05) is 0 Å². The zero-order valence-electron chi connectivity index (χ0n) is 16.9. The first-order valence-corrected chi connectivity index (χ1v) is 9.45. The van der Waals surface area contributed by atoms with E-state index in [1.54, 1.807) is 26.0 Å². The predicted octanol–water partition coefficient (Wildman–Crippen LogP) is 3.59. The van der Waals surface area contributed by atoms with Gasteiger partial charge in [-0.2, -0.15) is 0 Å². The Kier molecular flexibility index (Phi) is 9.33. The van der Waals surface area contributed by atoms with Gasteiger partial charge in [-0.05, 0) is 25.0 Å². The fraction of sp³-hybridized carbons (Fsp3) is 0.318. The van der Waals surface area contributed by atoms with Crippen molar-refractivity contribution in [2.24, 2.45) is 0 Å². The number of nitrogens with one attached hydrogen (secondary N) is 1. The number of alkyl carbamates (subject to hydrolysis) is 1. The number of amides is 1. The molecule has 2 aromatic rings. The molecule has 0 aromatic heterocycles. The number of hydrogen-bond acceptors (Lipinski definition) is 7. The van der Waals surface area contributed by atoms with E-state index in [9.17, 15) is 14.4 Å². The Morgan fingerprint density at radius 3 is 2.00 bits per heavy atom. The van der Waals surface area contributed by atoms with Gasteiger partial charge in [-0.25, -0.2) is 14.4 Å². The molecule has 0 spiro atoms. The number of carbonyl (C=O) groups excluding carboxylic acids is 3. The Morgan fingerprint density at radius 2 is 1.43 bits per heavy atom. The molecule has 8 heteroatoms. The maximum Gasteiger partial charge on any atom is 0.516 e. The maximum atomic E-state index is 12.3. The fourth-order valence-electron chi connectivity index (χ4n) is 2.31. The van der Waals surface area contributed by atoms with Gasteiger partial charge in [-0.3, -0.25) is 0 Å². The summed E-state index contributed by atoms with van der Waals surface area (Å²) in [5.41, 5.74) is 1.67. The molecule has 0 radical (unpaired) electrons. The van der Waals surface area contributed by atoms with E-state index in [2.05, 4.69) is 10.1 Å². The Balaban J connectivity index is 1.91. The lowest BCUT2D eigenvalue weighted by Crippen LogP contribution is -2.46. The average Bonchev–Trinajstić information content (AvgIpc) is 2.72. The van der Waals surface area contributed by atoms with Crippen molar-refractivity contribution in [1.29, 1.82) is 0 Å². The molecular formula is C22H25NO7. The van der Waals surface area contributed by atoms with Crippen LogP contribution in [0.1, 0.15) is 25.0 Å². The summed E-state index contributed by atoms with van der Waals surface area (Å²) in [7, 11) is 0. The molecule has 0 aliphatic heterocycles. The number of carbonyl (C=O) groups is 3. The molecule has 2 rings (SSSR count). The molecule has 0 bridgehead atoms. The quantitative estimate of drug-likeness (QED) is 0.493. The summed E-state index contributed by atoms with van der Waals surface area (Å²) in [5, 5.41) is 2.36. The van der Waals surface area contributed by atoms with E-state index >= 15 is 0 Å². The van der Waals surface area contributed by atoms with Gasteiger partial charge in [0.25, 0.3) is 0 Å². The van der Waals surface area contributed by atoms with Crippen molar-refractivity contribution in [3.63, 3.8) is 0 Å². The minimum Gasteiger partial charge on any atom is -0.445 e. The van der Waals surface area contributed by atoms with Gasteiger partial charge in [0.05, 0.1) is 19.3 Å². The highest BCUT2D eigenvalue weighted by molar-refractivity contribution is 5.88. The highest BCUT2D eigenvalue weighted by atomic mass is 16.7. The van der Waals surface area contributed by atoms with Crippen LogP contribution in [0.25, 0.3) is 0 Å². The van der Waals surface area contributed by atoms with Gasteiger partial charge in [-0.15, -0.1) is 0 Å². The average molecular weight is 415 g/mol. The van der Waals surface area contributed by atoms with Gasteiger partial charge in [0.1, 0.15) is 6.61 Å². The molecule has 8 nitrogen and oxygen atoms in total. The standard InChI is InChI=1S/C22H25NO7/c1-16(2)29-22(26)30-20(24)19(15-27-13-17-9-5-3-6-10-17)23-21(25)28-14-18-11-7-4-8-12-18/h3-12,16,19H,13-15H2,1-2H3,(H,23,25)/t19-/m0/s1. The van der Waals surface area contributed by atoms with E-state index in [0.717, 1.165) is 11.1 Å². The van der Waals surface area contributed by atoms with Crippen molar-refractivity contribution in [1.82, 2.24) is 5.32 Å². The minimum atomic E-state index is -1.25. The summed E-state index contributed by atoms with van der Waals surface area (Å²) in [5.74, 6) is -1.01. The lowest BCUT2D eigenvalue weighted by atomic mass is 10.2. The molecule has 0 saturated carbocycles. The molecule has 0 unspecified atom stereocenters.